The first kappa shape index (κ1) is 23.8. The highest BCUT2D eigenvalue weighted by atomic mass is 32.2. The lowest BCUT2D eigenvalue weighted by Crippen LogP contribution is -2.28. The number of thioether (sulfide) groups is 1. The first-order valence-electron chi connectivity index (χ1n) is 11.6. The second-order valence-electron chi connectivity index (χ2n) is 8.47. The molecule has 1 heterocycles. The highest BCUT2D eigenvalue weighted by molar-refractivity contribution is 7.98. The number of carbonyl (C=O) groups excluding carboxylic acids is 1. The minimum absolute atomic E-state index is 0.122. The lowest BCUT2D eigenvalue weighted by Gasteiger charge is -2.17. The van der Waals surface area contributed by atoms with Crippen molar-refractivity contribution < 1.29 is 4.79 Å². The van der Waals surface area contributed by atoms with E-state index in [2.05, 4.69) is 84.8 Å². The summed E-state index contributed by atoms with van der Waals surface area (Å²) in [5.41, 5.74) is 6.53. The van der Waals surface area contributed by atoms with Gasteiger partial charge in [-0.15, -0.1) is 10.2 Å². The summed E-state index contributed by atoms with van der Waals surface area (Å²) in [6.45, 7) is 8.24. The zero-order chi connectivity index (χ0) is 24.1. The normalized spacial score (nSPS) is 11.9. The number of nitrogens with one attached hydrogen (secondary N) is 1. The van der Waals surface area contributed by atoms with Crippen LogP contribution in [0.1, 0.15) is 58.3 Å². The summed E-state index contributed by atoms with van der Waals surface area (Å²) in [7, 11) is 0. The van der Waals surface area contributed by atoms with Gasteiger partial charge in [0.25, 0.3) is 5.91 Å². The van der Waals surface area contributed by atoms with Crippen LogP contribution in [0.25, 0.3) is 5.69 Å². The smallest absolute Gasteiger partial charge is 0.251 e. The molecule has 5 nitrogen and oxygen atoms in total. The van der Waals surface area contributed by atoms with Crippen molar-refractivity contribution in [2.24, 2.45) is 0 Å². The van der Waals surface area contributed by atoms with E-state index in [0.29, 0.717) is 11.4 Å². The van der Waals surface area contributed by atoms with Gasteiger partial charge < -0.3 is 5.32 Å². The molecule has 0 aliphatic carbocycles. The summed E-state index contributed by atoms with van der Waals surface area (Å²) in [6.07, 6.45) is 0.945. The molecule has 0 spiro atoms. The Bertz CT molecular complexity index is 1260. The molecule has 34 heavy (non-hydrogen) atoms. The summed E-state index contributed by atoms with van der Waals surface area (Å²) >= 11 is 1.65. The number of amides is 1. The molecule has 4 rings (SSSR count). The summed E-state index contributed by atoms with van der Waals surface area (Å²) in [5, 5.41) is 12.9. The van der Waals surface area contributed by atoms with Crippen LogP contribution in [-0.2, 0) is 12.2 Å². The van der Waals surface area contributed by atoms with Crippen LogP contribution in [0.2, 0.25) is 0 Å². The molecule has 1 unspecified atom stereocenters. The predicted octanol–water partition coefficient (Wildman–Crippen LogP) is 6.23. The van der Waals surface area contributed by atoms with Gasteiger partial charge in [0.15, 0.2) is 11.0 Å². The van der Waals surface area contributed by atoms with Gasteiger partial charge in [-0.3, -0.25) is 9.36 Å². The number of rotatable bonds is 8. The van der Waals surface area contributed by atoms with Crippen LogP contribution in [0.5, 0.6) is 0 Å². The van der Waals surface area contributed by atoms with Crippen molar-refractivity contribution in [3.63, 3.8) is 0 Å². The topological polar surface area (TPSA) is 59.8 Å². The second kappa shape index (κ2) is 10.7. The Labute approximate surface area is 205 Å². The Balaban J connectivity index is 1.61. The fourth-order valence-corrected chi connectivity index (χ4v) is 4.78. The van der Waals surface area contributed by atoms with Crippen LogP contribution < -0.4 is 5.32 Å². The molecule has 3 aromatic carbocycles. The molecule has 6 heteroatoms. The van der Waals surface area contributed by atoms with Gasteiger partial charge in [0.2, 0.25) is 0 Å². The number of aromatic nitrogens is 3. The second-order valence-corrected chi connectivity index (χ2v) is 9.42. The van der Waals surface area contributed by atoms with Gasteiger partial charge in [-0.1, -0.05) is 72.8 Å². The van der Waals surface area contributed by atoms with Gasteiger partial charge in [0.1, 0.15) is 0 Å². The summed E-state index contributed by atoms with van der Waals surface area (Å²) in [5.74, 6) is 1.37. The number of hydrogen-bond donors (Lipinski definition) is 1. The van der Waals surface area contributed by atoms with Crippen molar-refractivity contribution >= 4 is 17.7 Å². The average Bonchev–Trinajstić information content (AvgIpc) is 3.28. The molecular weight excluding hydrogens is 440 g/mol. The van der Waals surface area contributed by atoms with Gasteiger partial charge in [0.05, 0.1) is 6.04 Å². The van der Waals surface area contributed by atoms with Crippen LogP contribution in [-0.4, -0.2) is 20.7 Å². The van der Waals surface area contributed by atoms with Crippen LogP contribution >= 0.6 is 11.8 Å². The molecule has 0 bridgehead atoms. The number of aryl methyl sites for hydroxylation is 3. The molecule has 1 amide bonds. The standard InChI is InChI=1S/C28H30N4OS/c1-5-22-12-14-23(15-13-22)27(33)29-21(4)26-30-31-28(32(26)25-16-10-19(2)11-17-25)34-18-24-9-7-6-8-20(24)3/h6-17,21H,5,18H2,1-4H3,(H,29,33). The van der Waals surface area contributed by atoms with E-state index >= 15 is 0 Å². The third-order valence-corrected chi connectivity index (χ3v) is 6.91. The van der Waals surface area contributed by atoms with Crippen molar-refractivity contribution in [3.05, 3.63) is 106 Å². The minimum atomic E-state index is -0.319. The van der Waals surface area contributed by atoms with Crippen LogP contribution in [0.3, 0.4) is 0 Å². The number of carbonyl (C=O) groups is 1. The number of benzene rings is 3. The third-order valence-electron chi connectivity index (χ3n) is 5.93. The molecule has 1 atom stereocenters. The molecule has 0 radical (unpaired) electrons. The number of hydrogen-bond acceptors (Lipinski definition) is 4. The molecule has 1 aromatic heterocycles. The van der Waals surface area contributed by atoms with Gasteiger partial charge in [-0.05, 0) is 68.1 Å². The zero-order valence-corrected chi connectivity index (χ0v) is 20.9. The lowest BCUT2D eigenvalue weighted by atomic mass is 10.1. The molecule has 1 N–H and O–H groups in total. The quantitative estimate of drug-likeness (QED) is 0.310. The van der Waals surface area contributed by atoms with Crippen LogP contribution in [0, 0.1) is 13.8 Å². The van der Waals surface area contributed by atoms with Crippen LogP contribution in [0.15, 0.2) is 78.0 Å². The van der Waals surface area contributed by atoms with Gasteiger partial charge in [-0.25, -0.2) is 0 Å². The SMILES string of the molecule is CCc1ccc(C(=O)NC(C)c2nnc(SCc3ccccc3C)n2-c2ccc(C)cc2)cc1. The largest absolute Gasteiger partial charge is 0.342 e. The molecule has 0 aliphatic rings. The van der Waals surface area contributed by atoms with E-state index in [4.69, 9.17) is 0 Å². The summed E-state index contributed by atoms with van der Waals surface area (Å²) in [6, 6.07) is 24.1. The molecule has 0 saturated carbocycles. The van der Waals surface area contributed by atoms with Gasteiger partial charge in [-0.2, -0.15) is 0 Å². The van der Waals surface area contributed by atoms with Crippen molar-refractivity contribution in [1.82, 2.24) is 20.1 Å². The highest BCUT2D eigenvalue weighted by Gasteiger charge is 2.22. The van der Waals surface area contributed by atoms with E-state index < -0.39 is 0 Å². The minimum Gasteiger partial charge on any atom is -0.342 e. The molecule has 0 aliphatic heterocycles. The third kappa shape index (κ3) is 5.39. The Kier molecular flexibility index (Phi) is 7.48. The van der Waals surface area contributed by atoms with E-state index in [-0.39, 0.29) is 11.9 Å². The maximum absolute atomic E-state index is 12.9. The molecule has 0 fully saturated rings. The average molecular weight is 471 g/mol. The Hall–Kier alpha value is -3.38. The Morgan fingerprint density at radius 1 is 0.971 bits per heavy atom. The highest BCUT2D eigenvalue weighted by Crippen LogP contribution is 2.28. The zero-order valence-electron chi connectivity index (χ0n) is 20.1. The molecular formula is C28H30N4OS. The number of nitrogens with zero attached hydrogens (tertiary/aromatic N) is 3. The molecule has 4 aromatic rings. The fraction of sp³-hybridized carbons (Fsp3) is 0.250. The van der Waals surface area contributed by atoms with Gasteiger partial charge in [0, 0.05) is 17.0 Å². The van der Waals surface area contributed by atoms with Crippen molar-refractivity contribution in [1.29, 1.82) is 0 Å². The Morgan fingerprint density at radius 2 is 1.68 bits per heavy atom. The summed E-state index contributed by atoms with van der Waals surface area (Å²) < 4.78 is 2.05. The van der Waals surface area contributed by atoms with E-state index in [0.717, 1.165) is 23.0 Å². The van der Waals surface area contributed by atoms with E-state index in [9.17, 15) is 4.79 Å². The van der Waals surface area contributed by atoms with E-state index in [1.54, 1.807) is 11.8 Å². The molecule has 174 valence electrons. The van der Waals surface area contributed by atoms with Crippen molar-refractivity contribution in [3.8, 4) is 5.69 Å². The van der Waals surface area contributed by atoms with Crippen LogP contribution in [0.4, 0.5) is 0 Å². The summed E-state index contributed by atoms with van der Waals surface area (Å²) in [4.78, 5) is 12.9. The van der Waals surface area contributed by atoms with Gasteiger partial charge >= 0.3 is 0 Å². The predicted molar refractivity (Wildman–Crippen MR) is 139 cm³/mol. The van der Waals surface area contributed by atoms with E-state index in [1.165, 1.54) is 22.3 Å². The Morgan fingerprint density at radius 3 is 2.35 bits per heavy atom. The fourth-order valence-electron chi connectivity index (χ4n) is 3.74. The molecule has 0 saturated heterocycles. The first-order chi connectivity index (χ1) is 16.5. The first-order valence-corrected chi connectivity index (χ1v) is 12.5. The maximum atomic E-state index is 12.9. The van der Waals surface area contributed by atoms with Crippen molar-refractivity contribution in [2.45, 2.75) is 51.1 Å². The maximum Gasteiger partial charge on any atom is 0.251 e. The lowest BCUT2D eigenvalue weighted by molar-refractivity contribution is 0.0938. The van der Waals surface area contributed by atoms with E-state index in [1.807, 2.05) is 35.8 Å². The van der Waals surface area contributed by atoms with Crippen molar-refractivity contribution in [2.75, 3.05) is 0 Å². The monoisotopic (exact) mass is 470 g/mol.